The fourth-order valence-electron chi connectivity index (χ4n) is 3.51. The lowest BCUT2D eigenvalue weighted by Crippen LogP contribution is -2.36. The van der Waals surface area contributed by atoms with E-state index in [-0.39, 0.29) is 18.0 Å². The van der Waals surface area contributed by atoms with Gasteiger partial charge in [-0.2, -0.15) is 0 Å². The first-order valence-corrected chi connectivity index (χ1v) is 10.3. The molecular formula is C23H22BrN3O. The molecule has 28 heavy (non-hydrogen) atoms. The van der Waals surface area contributed by atoms with E-state index in [0.717, 1.165) is 40.0 Å². The van der Waals surface area contributed by atoms with E-state index < -0.39 is 0 Å². The van der Waals surface area contributed by atoms with Crippen LogP contribution in [0.4, 0.5) is 0 Å². The molecule has 1 amide bonds. The lowest BCUT2D eigenvalue weighted by Gasteiger charge is -2.29. The Morgan fingerprint density at radius 1 is 1.14 bits per heavy atom. The summed E-state index contributed by atoms with van der Waals surface area (Å²) in [4.78, 5) is 24.6. The smallest absolute Gasteiger partial charge is 0.256 e. The molecule has 1 aromatic carbocycles. The SMILES string of the molecule is Cc1nc(-c2cccc(Br)c2)ccc1C(=O)N(C1CC1)C(C)c1ccccn1. The normalized spacial score (nSPS) is 14.5. The number of halogens is 1. The Labute approximate surface area is 173 Å². The summed E-state index contributed by atoms with van der Waals surface area (Å²) in [5.41, 5.74) is 4.22. The summed E-state index contributed by atoms with van der Waals surface area (Å²) < 4.78 is 1.01. The molecular weight excluding hydrogens is 414 g/mol. The van der Waals surface area contributed by atoms with Crippen molar-refractivity contribution in [1.29, 1.82) is 0 Å². The van der Waals surface area contributed by atoms with Crippen molar-refractivity contribution in [1.82, 2.24) is 14.9 Å². The molecule has 4 rings (SSSR count). The van der Waals surface area contributed by atoms with Gasteiger partial charge >= 0.3 is 0 Å². The van der Waals surface area contributed by atoms with Gasteiger partial charge in [0, 0.05) is 22.3 Å². The van der Waals surface area contributed by atoms with Gasteiger partial charge in [-0.05, 0) is 63.1 Å². The molecule has 0 bridgehead atoms. The van der Waals surface area contributed by atoms with Crippen molar-refractivity contribution in [3.8, 4) is 11.3 Å². The molecule has 4 nitrogen and oxygen atoms in total. The van der Waals surface area contributed by atoms with Crippen LogP contribution >= 0.6 is 15.9 Å². The van der Waals surface area contributed by atoms with Gasteiger partial charge in [-0.25, -0.2) is 0 Å². The minimum absolute atomic E-state index is 0.0337. The topological polar surface area (TPSA) is 46.1 Å². The van der Waals surface area contributed by atoms with Crippen molar-refractivity contribution in [3.05, 3.63) is 82.2 Å². The van der Waals surface area contributed by atoms with Gasteiger partial charge in [0.2, 0.25) is 0 Å². The molecule has 1 fully saturated rings. The highest BCUT2D eigenvalue weighted by atomic mass is 79.9. The summed E-state index contributed by atoms with van der Waals surface area (Å²) in [5, 5.41) is 0. The molecule has 0 saturated heterocycles. The molecule has 1 atom stereocenters. The fraction of sp³-hybridized carbons (Fsp3) is 0.261. The van der Waals surface area contributed by atoms with Crippen molar-refractivity contribution >= 4 is 21.8 Å². The van der Waals surface area contributed by atoms with Crippen LogP contribution in [0.3, 0.4) is 0 Å². The summed E-state index contributed by atoms with van der Waals surface area (Å²) in [6.45, 7) is 3.96. The highest BCUT2D eigenvalue weighted by Crippen LogP contribution is 2.35. The number of rotatable bonds is 5. The summed E-state index contributed by atoms with van der Waals surface area (Å²) in [6, 6.07) is 17.9. The Kier molecular flexibility index (Phi) is 5.27. The van der Waals surface area contributed by atoms with Gasteiger partial charge in [-0.3, -0.25) is 14.8 Å². The summed E-state index contributed by atoms with van der Waals surface area (Å²) in [6.07, 6.45) is 3.87. The van der Waals surface area contributed by atoms with Gasteiger partial charge in [0.05, 0.1) is 28.7 Å². The fourth-order valence-corrected chi connectivity index (χ4v) is 3.91. The van der Waals surface area contributed by atoms with E-state index in [2.05, 4.69) is 27.8 Å². The maximum atomic E-state index is 13.4. The highest BCUT2D eigenvalue weighted by molar-refractivity contribution is 9.10. The molecule has 0 radical (unpaired) electrons. The number of aryl methyl sites for hydroxylation is 1. The zero-order valence-electron chi connectivity index (χ0n) is 16.0. The molecule has 1 aliphatic rings. The van der Waals surface area contributed by atoms with Crippen LogP contribution in [0.25, 0.3) is 11.3 Å². The Morgan fingerprint density at radius 2 is 1.96 bits per heavy atom. The third-order valence-electron chi connectivity index (χ3n) is 5.14. The Balaban J connectivity index is 1.64. The Morgan fingerprint density at radius 3 is 2.61 bits per heavy atom. The lowest BCUT2D eigenvalue weighted by atomic mass is 10.1. The second kappa shape index (κ2) is 7.84. The second-order valence-corrected chi connectivity index (χ2v) is 8.13. The van der Waals surface area contributed by atoms with Crippen LogP contribution in [-0.4, -0.2) is 26.8 Å². The molecule has 1 aliphatic carbocycles. The second-order valence-electron chi connectivity index (χ2n) is 7.21. The minimum atomic E-state index is -0.0645. The first kappa shape index (κ1) is 18.8. The predicted molar refractivity (Wildman–Crippen MR) is 114 cm³/mol. The molecule has 1 unspecified atom stereocenters. The first-order chi connectivity index (χ1) is 13.5. The zero-order valence-corrected chi connectivity index (χ0v) is 17.6. The third kappa shape index (κ3) is 3.85. The van der Waals surface area contributed by atoms with Crippen LogP contribution in [0, 0.1) is 6.92 Å². The number of amides is 1. The summed E-state index contributed by atoms with van der Waals surface area (Å²) in [5.74, 6) is 0.0337. The first-order valence-electron chi connectivity index (χ1n) is 9.52. The van der Waals surface area contributed by atoms with Crippen molar-refractivity contribution in [2.24, 2.45) is 0 Å². The van der Waals surface area contributed by atoms with E-state index in [1.807, 2.05) is 66.4 Å². The van der Waals surface area contributed by atoms with Gasteiger partial charge in [0.15, 0.2) is 0 Å². The average molecular weight is 436 g/mol. The zero-order chi connectivity index (χ0) is 19.7. The van der Waals surface area contributed by atoms with Crippen LogP contribution in [0.1, 0.15) is 47.6 Å². The van der Waals surface area contributed by atoms with Gasteiger partial charge in [0.25, 0.3) is 5.91 Å². The van der Waals surface area contributed by atoms with E-state index in [1.54, 1.807) is 6.20 Å². The molecule has 2 aromatic heterocycles. The Hall–Kier alpha value is -2.53. The number of nitrogens with zero attached hydrogens (tertiary/aromatic N) is 3. The number of pyridine rings is 2. The van der Waals surface area contributed by atoms with E-state index in [9.17, 15) is 4.79 Å². The Bertz CT molecular complexity index is 1000. The number of hydrogen-bond donors (Lipinski definition) is 0. The quantitative estimate of drug-likeness (QED) is 0.525. The molecule has 0 aliphatic heterocycles. The highest BCUT2D eigenvalue weighted by Gasteiger charge is 2.37. The van der Waals surface area contributed by atoms with Gasteiger partial charge in [-0.15, -0.1) is 0 Å². The molecule has 5 heteroatoms. The number of carbonyl (C=O) groups is 1. The third-order valence-corrected chi connectivity index (χ3v) is 5.64. The van der Waals surface area contributed by atoms with Gasteiger partial charge in [0.1, 0.15) is 0 Å². The van der Waals surface area contributed by atoms with Gasteiger partial charge < -0.3 is 4.90 Å². The summed E-state index contributed by atoms with van der Waals surface area (Å²) >= 11 is 3.50. The van der Waals surface area contributed by atoms with Crippen LogP contribution in [-0.2, 0) is 0 Å². The minimum Gasteiger partial charge on any atom is -0.327 e. The van der Waals surface area contributed by atoms with Crippen LogP contribution < -0.4 is 0 Å². The number of aromatic nitrogens is 2. The van der Waals surface area contributed by atoms with Crippen LogP contribution in [0.2, 0.25) is 0 Å². The molecule has 142 valence electrons. The molecule has 3 aromatic rings. The van der Waals surface area contributed by atoms with Crippen molar-refractivity contribution < 1.29 is 4.79 Å². The molecule has 0 spiro atoms. The summed E-state index contributed by atoms with van der Waals surface area (Å²) in [7, 11) is 0. The van der Waals surface area contributed by atoms with E-state index in [4.69, 9.17) is 4.98 Å². The number of carbonyl (C=O) groups excluding carboxylic acids is 1. The van der Waals surface area contributed by atoms with E-state index in [0.29, 0.717) is 5.56 Å². The lowest BCUT2D eigenvalue weighted by molar-refractivity contribution is 0.0669. The molecule has 1 saturated carbocycles. The van der Waals surface area contributed by atoms with Gasteiger partial charge in [-0.1, -0.05) is 34.1 Å². The number of benzene rings is 1. The number of hydrogen-bond acceptors (Lipinski definition) is 3. The molecule has 2 heterocycles. The average Bonchev–Trinajstić information content (AvgIpc) is 3.53. The standard InChI is InChI=1S/C23H22BrN3O/c1-15-20(11-12-22(26-15)17-6-5-7-18(24)14-17)23(28)27(19-9-10-19)16(2)21-8-3-4-13-25-21/h3-8,11-14,16,19H,9-10H2,1-2H3. The van der Waals surface area contributed by atoms with Crippen LogP contribution in [0.15, 0.2) is 65.3 Å². The van der Waals surface area contributed by atoms with E-state index in [1.165, 1.54) is 0 Å². The monoisotopic (exact) mass is 435 g/mol. The van der Waals surface area contributed by atoms with E-state index >= 15 is 0 Å². The van der Waals surface area contributed by atoms with Crippen molar-refractivity contribution in [3.63, 3.8) is 0 Å². The largest absolute Gasteiger partial charge is 0.327 e. The predicted octanol–water partition coefficient (Wildman–Crippen LogP) is 5.58. The van der Waals surface area contributed by atoms with Crippen LogP contribution in [0.5, 0.6) is 0 Å². The molecule has 0 N–H and O–H groups in total. The van der Waals surface area contributed by atoms with Crippen molar-refractivity contribution in [2.45, 2.75) is 38.8 Å². The van der Waals surface area contributed by atoms with Crippen molar-refractivity contribution in [2.75, 3.05) is 0 Å². The maximum absolute atomic E-state index is 13.4. The maximum Gasteiger partial charge on any atom is 0.256 e.